The molecule has 0 unspecified atom stereocenters. The summed E-state index contributed by atoms with van der Waals surface area (Å²) in [5, 5.41) is 0. The SMILES string of the molecule is CCOc1ccc(Cn2c(CN3CCCCC3)nc3cc(OCC)c(OCC)cc32)cc1OCC. The van der Waals surface area contributed by atoms with Gasteiger partial charge in [-0.1, -0.05) is 12.5 Å². The minimum Gasteiger partial charge on any atom is -0.490 e. The molecule has 7 heteroatoms. The summed E-state index contributed by atoms with van der Waals surface area (Å²) in [6.45, 7) is 14.1. The third-order valence-electron chi connectivity index (χ3n) is 6.25. The lowest BCUT2D eigenvalue weighted by Gasteiger charge is -2.26. The highest BCUT2D eigenvalue weighted by Crippen LogP contribution is 2.35. The normalized spacial score (nSPS) is 14.3. The van der Waals surface area contributed by atoms with Gasteiger partial charge in [-0.25, -0.2) is 4.98 Å². The van der Waals surface area contributed by atoms with Gasteiger partial charge in [0, 0.05) is 18.7 Å². The summed E-state index contributed by atoms with van der Waals surface area (Å²) in [7, 11) is 0. The van der Waals surface area contributed by atoms with Crippen molar-refractivity contribution in [2.75, 3.05) is 39.5 Å². The Labute approximate surface area is 208 Å². The minimum absolute atomic E-state index is 0.580. The Morgan fingerprint density at radius 1 is 0.686 bits per heavy atom. The second-order valence-corrected chi connectivity index (χ2v) is 8.75. The van der Waals surface area contributed by atoms with Gasteiger partial charge < -0.3 is 23.5 Å². The molecular weight excluding hydrogens is 442 g/mol. The number of aromatic nitrogens is 2. The molecular formula is C28H39N3O4. The van der Waals surface area contributed by atoms with E-state index in [-0.39, 0.29) is 0 Å². The second kappa shape index (κ2) is 12.2. The molecule has 2 heterocycles. The predicted molar refractivity (Wildman–Crippen MR) is 139 cm³/mol. The van der Waals surface area contributed by atoms with Crippen LogP contribution in [0.4, 0.5) is 0 Å². The number of piperidine rings is 1. The lowest BCUT2D eigenvalue weighted by molar-refractivity contribution is 0.214. The molecule has 0 amide bonds. The lowest BCUT2D eigenvalue weighted by Crippen LogP contribution is -2.30. The Kier molecular flexibility index (Phi) is 8.74. The highest BCUT2D eigenvalue weighted by Gasteiger charge is 2.20. The largest absolute Gasteiger partial charge is 0.490 e. The Hall–Kier alpha value is -2.93. The van der Waals surface area contributed by atoms with E-state index >= 15 is 0 Å². The third kappa shape index (κ3) is 6.01. The first-order valence-electron chi connectivity index (χ1n) is 13.1. The maximum Gasteiger partial charge on any atom is 0.163 e. The molecule has 4 rings (SSSR count). The molecule has 0 atom stereocenters. The van der Waals surface area contributed by atoms with Crippen LogP contribution >= 0.6 is 0 Å². The highest BCUT2D eigenvalue weighted by atomic mass is 16.5. The number of imidazole rings is 1. The summed E-state index contributed by atoms with van der Waals surface area (Å²) in [6.07, 6.45) is 3.81. The molecule has 0 saturated carbocycles. The lowest BCUT2D eigenvalue weighted by atomic mass is 10.1. The van der Waals surface area contributed by atoms with Gasteiger partial charge in [0.15, 0.2) is 23.0 Å². The topological polar surface area (TPSA) is 58.0 Å². The first-order chi connectivity index (χ1) is 17.2. The van der Waals surface area contributed by atoms with Crippen molar-refractivity contribution in [2.45, 2.75) is 60.0 Å². The zero-order valence-corrected chi connectivity index (χ0v) is 21.6. The zero-order valence-electron chi connectivity index (χ0n) is 21.6. The first kappa shape index (κ1) is 25.2. The van der Waals surface area contributed by atoms with Crippen LogP contribution in [0.3, 0.4) is 0 Å². The van der Waals surface area contributed by atoms with Crippen LogP contribution in [-0.4, -0.2) is 54.0 Å². The van der Waals surface area contributed by atoms with E-state index in [0.29, 0.717) is 33.0 Å². The molecule has 190 valence electrons. The van der Waals surface area contributed by atoms with Crippen LogP contribution in [0.15, 0.2) is 30.3 Å². The van der Waals surface area contributed by atoms with Crippen LogP contribution in [0, 0.1) is 0 Å². The second-order valence-electron chi connectivity index (χ2n) is 8.75. The molecule has 2 aromatic carbocycles. The fourth-order valence-electron chi connectivity index (χ4n) is 4.71. The average Bonchev–Trinajstić information content (AvgIpc) is 3.17. The van der Waals surface area contributed by atoms with Gasteiger partial charge in [-0.05, 0) is 71.3 Å². The number of benzene rings is 2. The van der Waals surface area contributed by atoms with Gasteiger partial charge in [-0.2, -0.15) is 0 Å². The molecule has 35 heavy (non-hydrogen) atoms. The van der Waals surface area contributed by atoms with Crippen molar-refractivity contribution in [1.29, 1.82) is 0 Å². The van der Waals surface area contributed by atoms with Crippen molar-refractivity contribution in [1.82, 2.24) is 14.5 Å². The maximum absolute atomic E-state index is 5.94. The van der Waals surface area contributed by atoms with E-state index in [1.807, 2.05) is 39.8 Å². The standard InChI is InChI=1S/C28H39N3O4/c1-5-32-24-13-12-21(16-25(24)33-6-2)19-31-23-18-27(35-8-4)26(34-7-3)17-22(23)29-28(31)20-30-14-10-9-11-15-30/h12-13,16-18H,5-11,14-15,19-20H2,1-4H3. The number of ether oxygens (including phenoxy) is 4. The summed E-state index contributed by atoms with van der Waals surface area (Å²) < 4.78 is 25.8. The molecule has 7 nitrogen and oxygen atoms in total. The average molecular weight is 482 g/mol. The molecule has 0 radical (unpaired) electrons. The van der Waals surface area contributed by atoms with Crippen LogP contribution in [0.1, 0.15) is 58.3 Å². The molecule has 3 aromatic rings. The molecule has 1 fully saturated rings. The predicted octanol–water partition coefficient (Wildman–Crippen LogP) is 5.67. The van der Waals surface area contributed by atoms with Crippen LogP contribution in [0.2, 0.25) is 0 Å². The molecule has 1 saturated heterocycles. The smallest absolute Gasteiger partial charge is 0.163 e. The molecule has 0 spiro atoms. The minimum atomic E-state index is 0.580. The third-order valence-corrected chi connectivity index (χ3v) is 6.25. The van der Waals surface area contributed by atoms with E-state index in [4.69, 9.17) is 23.9 Å². The molecule has 0 aliphatic carbocycles. The fraction of sp³-hybridized carbons (Fsp3) is 0.536. The molecule has 1 aliphatic heterocycles. The van der Waals surface area contributed by atoms with Gasteiger partial charge in [0.05, 0.1) is 44.0 Å². The number of hydrogen-bond acceptors (Lipinski definition) is 6. The van der Waals surface area contributed by atoms with Crippen molar-refractivity contribution in [3.63, 3.8) is 0 Å². The van der Waals surface area contributed by atoms with E-state index in [1.165, 1.54) is 19.3 Å². The van der Waals surface area contributed by atoms with E-state index < -0.39 is 0 Å². The maximum atomic E-state index is 5.94. The van der Waals surface area contributed by atoms with Crippen LogP contribution in [0.25, 0.3) is 11.0 Å². The van der Waals surface area contributed by atoms with Gasteiger partial charge in [-0.3, -0.25) is 4.90 Å². The van der Waals surface area contributed by atoms with Crippen molar-refractivity contribution in [3.05, 3.63) is 41.7 Å². The Bertz CT molecular complexity index is 1110. The number of nitrogens with zero attached hydrogens (tertiary/aromatic N) is 3. The highest BCUT2D eigenvalue weighted by molar-refractivity contribution is 5.81. The van der Waals surface area contributed by atoms with Crippen molar-refractivity contribution in [2.24, 2.45) is 0 Å². The summed E-state index contributed by atoms with van der Waals surface area (Å²) in [4.78, 5) is 7.59. The van der Waals surface area contributed by atoms with Crippen LogP contribution < -0.4 is 18.9 Å². The van der Waals surface area contributed by atoms with Gasteiger partial charge in [0.25, 0.3) is 0 Å². The summed E-state index contributed by atoms with van der Waals surface area (Å²) in [6, 6.07) is 10.3. The summed E-state index contributed by atoms with van der Waals surface area (Å²) in [5.41, 5.74) is 3.12. The summed E-state index contributed by atoms with van der Waals surface area (Å²) in [5.74, 6) is 4.12. The van der Waals surface area contributed by atoms with Crippen molar-refractivity contribution >= 4 is 11.0 Å². The monoisotopic (exact) mass is 481 g/mol. The van der Waals surface area contributed by atoms with Crippen molar-refractivity contribution < 1.29 is 18.9 Å². The van der Waals surface area contributed by atoms with E-state index in [0.717, 1.165) is 65.1 Å². The van der Waals surface area contributed by atoms with E-state index in [9.17, 15) is 0 Å². The van der Waals surface area contributed by atoms with E-state index in [2.05, 4.69) is 27.7 Å². The number of rotatable bonds is 12. The van der Waals surface area contributed by atoms with Gasteiger partial charge in [0.2, 0.25) is 0 Å². The van der Waals surface area contributed by atoms with Gasteiger partial charge in [-0.15, -0.1) is 0 Å². The zero-order chi connectivity index (χ0) is 24.6. The number of likely N-dealkylation sites (tertiary alicyclic amines) is 1. The molecule has 0 bridgehead atoms. The molecule has 1 aromatic heterocycles. The number of fused-ring (bicyclic) bond motifs is 1. The van der Waals surface area contributed by atoms with E-state index in [1.54, 1.807) is 0 Å². The summed E-state index contributed by atoms with van der Waals surface area (Å²) >= 11 is 0. The molecule has 1 aliphatic rings. The van der Waals surface area contributed by atoms with Crippen LogP contribution in [0.5, 0.6) is 23.0 Å². The fourth-order valence-corrected chi connectivity index (χ4v) is 4.71. The van der Waals surface area contributed by atoms with Crippen molar-refractivity contribution in [3.8, 4) is 23.0 Å². The Balaban J connectivity index is 1.76. The first-order valence-corrected chi connectivity index (χ1v) is 13.1. The Morgan fingerprint density at radius 2 is 1.29 bits per heavy atom. The Morgan fingerprint density at radius 3 is 1.94 bits per heavy atom. The van der Waals surface area contributed by atoms with Gasteiger partial charge in [0.1, 0.15) is 5.82 Å². The van der Waals surface area contributed by atoms with Crippen LogP contribution in [-0.2, 0) is 13.1 Å². The number of hydrogen-bond donors (Lipinski definition) is 0. The van der Waals surface area contributed by atoms with Gasteiger partial charge >= 0.3 is 0 Å². The molecule has 0 N–H and O–H groups in total. The quantitative estimate of drug-likeness (QED) is 0.332.